The van der Waals surface area contributed by atoms with Gasteiger partial charge in [-0.1, -0.05) is 11.2 Å². The first kappa shape index (κ1) is 35.6. The summed E-state index contributed by atoms with van der Waals surface area (Å²) in [7, 11) is 10.9. The van der Waals surface area contributed by atoms with Gasteiger partial charge >= 0.3 is 0 Å². The Kier molecular flexibility index (Phi) is 10.8. The van der Waals surface area contributed by atoms with E-state index in [0.29, 0.717) is 75.1 Å². The molecule has 1 amide bonds. The minimum Gasteiger partial charge on any atom is -0.497 e. The van der Waals surface area contributed by atoms with Crippen LogP contribution in [0.15, 0.2) is 65.8 Å². The van der Waals surface area contributed by atoms with Gasteiger partial charge in [0.05, 0.1) is 61.0 Å². The third kappa shape index (κ3) is 7.18. The third-order valence-corrected chi connectivity index (χ3v) is 8.68. The summed E-state index contributed by atoms with van der Waals surface area (Å²) in [6.45, 7) is 0.360. The monoisotopic (exact) mass is 715 g/mol. The average Bonchev–Trinajstić information content (AvgIpc) is 3.69. The molecule has 2 aliphatic rings. The summed E-state index contributed by atoms with van der Waals surface area (Å²) in [6.07, 6.45) is -0.366. The van der Waals surface area contributed by atoms with Crippen LogP contribution >= 0.6 is 0 Å². The van der Waals surface area contributed by atoms with Gasteiger partial charge in [0, 0.05) is 23.2 Å². The zero-order chi connectivity index (χ0) is 36.8. The van der Waals surface area contributed by atoms with Crippen LogP contribution in [0.5, 0.6) is 51.7 Å². The Labute approximate surface area is 301 Å². The molecule has 0 radical (unpaired) electrons. The van der Waals surface area contributed by atoms with Crippen LogP contribution < -0.4 is 53.3 Å². The molecule has 0 saturated heterocycles. The molecule has 6 rings (SSSR count). The summed E-state index contributed by atoms with van der Waals surface area (Å²) < 4.78 is 50.9. The highest BCUT2D eigenvalue weighted by Crippen LogP contribution is 2.44. The lowest BCUT2D eigenvalue weighted by atomic mass is 9.99. The number of hydrogen-bond acceptors (Lipinski definition) is 13. The first-order valence-corrected chi connectivity index (χ1v) is 16.3. The number of rotatable bonds is 15. The van der Waals surface area contributed by atoms with E-state index in [0.717, 1.165) is 16.7 Å². The fraction of sp³-hybridized carbons (Fsp3) is 0.316. The molecule has 2 heterocycles. The molecule has 2 atom stereocenters. The number of amides is 1. The van der Waals surface area contributed by atoms with Crippen molar-refractivity contribution in [3.63, 3.8) is 0 Å². The number of fused-ring (bicyclic) bond motifs is 1. The van der Waals surface area contributed by atoms with E-state index in [9.17, 15) is 4.79 Å². The highest BCUT2D eigenvalue weighted by atomic mass is 16.6. The second kappa shape index (κ2) is 15.8. The number of carbonyl (C=O) groups is 1. The molecular formula is C38H41N3O11. The molecule has 0 spiro atoms. The van der Waals surface area contributed by atoms with Gasteiger partial charge < -0.3 is 58.1 Å². The highest BCUT2D eigenvalue weighted by Gasteiger charge is 2.29. The number of oxime groups is 1. The minimum absolute atomic E-state index is 0.171. The van der Waals surface area contributed by atoms with E-state index < -0.39 is 6.17 Å². The Morgan fingerprint density at radius 3 is 1.90 bits per heavy atom. The maximum Gasteiger partial charge on any atom is 0.255 e. The van der Waals surface area contributed by atoms with Gasteiger partial charge in [-0.05, 0) is 60.2 Å². The molecule has 0 aromatic heterocycles. The van der Waals surface area contributed by atoms with Crippen molar-refractivity contribution in [1.82, 2.24) is 5.32 Å². The number of benzene rings is 4. The number of hydrogen-bond donors (Lipinski definition) is 2. The Morgan fingerprint density at radius 1 is 0.635 bits per heavy atom. The second-order valence-electron chi connectivity index (χ2n) is 11.6. The number of anilines is 1. The number of ether oxygens (including phenoxy) is 9. The predicted molar refractivity (Wildman–Crippen MR) is 191 cm³/mol. The summed E-state index contributed by atoms with van der Waals surface area (Å²) in [5.41, 5.74) is 4.28. The molecular weight excluding hydrogens is 674 g/mol. The van der Waals surface area contributed by atoms with Gasteiger partial charge in [0.2, 0.25) is 11.5 Å². The highest BCUT2D eigenvalue weighted by molar-refractivity contribution is 6.03. The fourth-order valence-electron chi connectivity index (χ4n) is 6.01. The molecule has 274 valence electrons. The zero-order valence-electron chi connectivity index (χ0n) is 30.0. The summed E-state index contributed by atoms with van der Waals surface area (Å²) in [5, 5.41) is 10.7. The lowest BCUT2D eigenvalue weighted by molar-refractivity contribution is 0.0853. The summed E-state index contributed by atoms with van der Waals surface area (Å²) in [5.74, 6) is 4.28. The van der Waals surface area contributed by atoms with Crippen LogP contribution in [0.4, 0.5) is 5.69 Å². The van der Waals surface area contributed by atoms with E-state index in [1.807, 2.05) is 42.5 Å². The standard InChI is InChI=1S/C38H41N3O11/c1-43-24-9-10-26-25(19-24)38(42)40-37(39-26)21-8-11-28(30(14-21)44-2)50-12-13-51-36-33(47-5)15-22(16-34(36)48-6)27-20-29(52-41-27)23-17-31(45-3)35(49-7)32(18-23)46-4/h8-11,14-19,29,37,39H,12-13,20H2,1-7H3,(H,40,42). The van der Waals surface area contributed by atoms with Crippen molar-refractivity contribution in [3.8, 4) is 51.7 Å². The van der Waals surface area contributed by atoms with E-state index in [1.54, 1.807) is 68.0 Å². The SMILES string of the molecule is COc1ccc2c(c1)C(=O)NC(c1ccc(OCCOc3c(OC)cc(C4=NOC(c5cc(OC)c(OC)c(OC)c5)C4)cc3OC)c(OC)c1)N2. The molecule has 4 aromatic carbocycles. The molecule has 0 bridgehead atoms. The quantitative estimate of drug-likeness (QED) is 0.141. The minimum atomic E-state index is -0.468. The van der Waals surface area contributed by atoms with Crippen LogP contribution in [-0.4, -0.2) is 74.6 Å². The average molecular weight is 716 g/mol. The van der Waals surface area contributed by atoms with E-state index in [1.165, 1.54) is 0 Å². The van der Waals surface area contributed by atoms with Gasteiger partial charge in [-0.2, -0.15) is 0 Å². The summed E-state index contributed by atoms with van der Waals surface area (Å²) in [6, 6.07) is 18.1. The van der Waals surface area contributed by atoms with Crippen molar-refractivity contribution < 1.29 is 52.3 Å². The maximum atomic E-state index is 12.8. The molecule has 2 N–H and O–H groups in total. The Balaban J connectivity index is 1.10. The molecule has 2 unspecified atom stereocenters. The normalized spacial score (nSPS) is 15.9. The van der Waals surface area contributed by atoms with Gasteiger partial charge in [0.25, 0.3) is 5.91 Å². The van der Waals surface area contributed by atoms with Gasteiger partial charge in [-0.3, -0.25) is 4.79 Å². The molecule has 0 aliphatic carbocycles. The molecule has 52 heavy (non-hydrogen) atoms. The van der Waals surface area contributed by atoms with Crippen LogP contribution in [0.3, 0.4) is 0 Å². The fourth-order valence-corrected chi connectivity index (χ4v) is 6.01. The van der Waals surface area contributed by atoms with Crippen LogP contribution in [-0.2, 0) is 4.84 Å². The van der Waals surface area contributed by atoms with Crippen molar-refractivity contribution in [3.05, 3.63) is 82.9 Å². The molecule has 2 aliphatic heterocycles. The topological polar surface area (TPSA) is 146 Å². The van der Waals surface area contributed by atoms with Crippen molar-refractivity contribution in [2.24, 2.45) is 5.16 Å². The van der Waals surface area contributed by atoms with Crippen LogP contribution in [0.25, 0.3) is 0 Å². The smallest absolute Gasteiger partial charge is 0.255 e. The first-order valence-electron chi connectivity index (χ1n) is 16.3. The first-order chi connectivity index (χ1) is 25.3. The maximum absolute atomic E-state index is 12.8. The Morgan fingerprint density at radius 2 is 1.27 bits per heavy atom. The molecule has 0 fully saturated rings. The van der Waals surface area contributed by atoms with Gasteiger partial charge in [-0.25, -0.2) is 0 Å². The van der Waals surface area contributed by atoms with Crippen LogP contribution in [0.2, 0.25) is 0 Å². The van der Waals surface area contributed by atoms with Crippen molar-refractivity contribution in [2.75, 3.05) is 68.3 Å². The van der Waals surface area contributed by atoms with E-state index in [-0.39, 0.29) is 25.2 Å². The Hall–Kier alpha value is -6.18. The van der Waals surface area contributed by atoms with Gasteiger partial charge in [-0.15, -0.1) is 0 Å². The lowest BCUT2D eigenvalue weighted by Crippen LogP contribution is -2.38. The molecule has 0 saturated carbocycles. The third-order valence-electron chi connectivity index (χ3n) is 8.68. The lowest BCUT2D eigenvalue weighted by Gasteiger charge is -2.28. The van der Waals surface area contributed by atoms with Crippen molar-refractivity contribution >= 4 is 17.3 Å². The van der Waals surface area contributed by atoms with Gasteiger partial charge in [0.1, 0.15) is 25.1 Å². The largest absolute Gasteiger partial charge is 0.497 e. The molecule has 4 aromatic rings. The zero-order valence-corrected chi connectivity index (χ0v) is 30.0. The van der Waals surface area contributed by atoms with Crippen LogP contribution in [0.1, 0.15) is 45.7 Å². The number of nitrogens with zero attached hydrogens (tertiary/aromatic N) is 1. The van der Waals surface area contributed by atoms with Gasteiger partial charge in [0.15, 0.2) is 40.6 Å². The molecule has 14 heteroatoms. The van der Waals surface area contributed by atoms with Crippen LogP contribution in [0, 0.1) is 0 Å². The second-order valence-corrected chi connectivity index (χ2v) is 11.6. The van der Waals surface area contributed by atoms with E-state index in [2.05, 4.69) is 15.8 Å². The predicted octanol–water partition coefficient (Wildman–Crippen LogP) is 5.92. The summed E-state index contributed by atoms with van der Waals surface area (Å²) >= 11 is 0. The van der Waals surface area contributed by atoms with Crippen molar-refractivity contribution in [2.45, 2.75) is 18.7 Å². The number of carbonyl (C=O) groups excluding carboxylic acids is 1. The van der Waals surface area contributed by atoms with E-state index in [4.69, 9.17) is 47.5 Å². The van der Waals surface area contributed by atoms with Crippen molar-refractivity contribution in [1.29, 1.82) is 0 Å². The van der Waals surface area contributed by atoms with E-state index >= 15 is 0 Å². The number of methoxy groups -OCH3 is 7. The molecule has 14 nitrogen and oxygen atoms in total. The number of nitrogens with one attached hydrogen (secondary N) is 2. The Bertz CT molecular complexity index is 1910. The summed E-state index contributed by atoms with van der Waals surface area (Å²) in [4.78, 5) is 18.7.